The topological polar surface area (TPSA) is 72.3 Å². The van der Waals surface area contributed by atoms with Crippen molar-refractivity contribution in [3.05, 3.63) is 53.1 Å². The molecular formula is C12H10FN3OS. The second-order valence-electron chi connectivity index (χ2n) is 3.71. The number of hydrogen-bond donors (Lipinski definition) is 2. The van der Waals surface area contributed by atoms with Crippen LogP contribution in [0, 0.1) is 5.82 Å². The number of halogens is 1. The number of benzene rings is 1. The Labute approximate surface area is 108 Å². The Balaban J connectivity index is 2.35. The molecule has 1 aromatic rings. The molecule has 4 nitrogen and oxygen atoms in total. The lowest BCUT2D eigenvalue weighted by Crippen LogP contribution is -2.33. The average molecular weight is 263 g/mol. The quantitative estimate of drug-likeness (QED) is 0.588. The van der Waals surface area contributed by atoms with Crippen LogP contribution in [0.4, 0.5) is 4.39 Å². The fraction of sp³-hybridized carbons (Fsp3) is 0. The van der Waals surface area contributed by atoms with Crippen LogP contribution in [0.25, 0.3) is 6.08 Å². The third-order valence-corrected chi connectivity index (χ3v) is 2.64. The minimum Gasteiger partial charge on any atom is -0.397 e. The molecule has 1 heterocycles. The summed E-state index contributed by atoms with van der Waals surface area (Å²) in [5.74, 6) is -0.729. The first kappa shape index (κ1) is 12.3. The minimum atomic E-state index is -0.385. The van der Waals surface area contributed by atoms with E-state index in [0.29, 0.717) is 5.56 Å². The van der Waals surface area contributed by atoms with Crippen LogP contribution in [0.5, 0.6) is 0 Å². The van der Waals surface area contributed by atoms with E-state index in [1.54, 1.807) is 18.2 Å². The predicted molar refractivity (Wildman–Crippen MR) is 70.3 cm³/mol. The lowest BCUT2D eigenvalue weighted by molar-refractivity contribution is -0.120. The molecule has 1 aromatic carbocycles. The molecule has 0 spiro atoms. The summed E-state index contributed by atoms with van der Waals surface area (Å²) in [4.78, 5) is 13.0. The van der Waals surface area contributed by atoms with Crippen LogP contribution < -0.4 is 11.5 Å². The average Bonchev–Trinajstić information content (AvgIpc) is 2.60. The molecular weight excluding hydrogens is 253 g/mol. The minimum absolute atomic E-state index is 0.0644. The van der Waals surface area contributed by atoms with Gasteiger partial charge in [-0.1, -0.05) is 12.1 Å². The summed E-state index contributed by atoms with van der Waals surface area (Å²) in [6, 6.07) is 5.70. The molecule has 2 rings (SSSR count). The van der Waals surface area contributed by atoms with Gasteiger partial charge >= 0.3 is 0 Å². The van der Waals surface area contributed by atoms with Crippen molar-refractivity contribution in [3.8, 4) is 0 Å². The molecule has 0 radical (unpaired) electrons. The normalized spacial score (nSPS) is 17.2. The molecule has 0 unspecified atom stereocenters. The maximum Gasteiger partial charge on any atom is 0.266 e. The second-order valence-corrected chi connectivity index (χ2v) is 4.13. The van der Waals surface area contributed by atoms with Crippen molar-refractivity contribution in [2.24, 2.45) is 11.5 Å². The fourth-order valence-electron chi connectivity index (χ4n) is 1.55. The van der Waals surface area contributed by atoms with E-state index in [1.165, 1.54) is 18.3 Å². The van der Waals surface area contributed by atoms with Gasteiger partial charge in [0.05, 0.1) is 11.3 Å². The van der Waals surface area contributed by atoms with E-state index in [-0.39, 0.29) is 28.1 Å². The van der Waals surface area contributed by atoms with Crippen molar-refractivity contribution in [2.45, 2.75) is 0 Å². The van der Waals surface area contributed by atoms with E-state index in [2.05, 4.69) is 0 Å². The van der Waals surface area contributed by atoms with Gasteiger partial charge in [0.25, 0.3) is 5.91 Å². The molecule has 0 bridgehead atoms. The zero-order valence-electron chi connectivity index (χ0n) is 9.26. The molecule has 1 aliphatic rings. The van der Waals surface area contributed by atoms with Crippen molar-refractivity contribution in [1.82, 2.24) is 4.90 Å². The van der Waals surface area contributed by atoms with Gasteiger partial charge in [0.1, 0.15) is 5.82 Å². The van der Waals surface area contributed by atoms with E-state index in [1.807, 2.05) is 0 Å². The Morgan fingerprint density at radius 3 is 2.44 bits per heavy atom. The van der Waals surface area contributed by atoms with Crippen LogP contribution in [0.3, 0.4) is 0 Å². The smallest absolute Gasteiger partial charge is 0.266 e. The van der Waals surface area contributed by atoms with Crippen LogP contribution in [-0.4, -0.2) is 15.9 Å². The van der Waals surface area contributed by atoms with Gasteiger partial charge in [0.15, 0.2) is 5.11 Å². The van der Waals surface area contributed by atoms with Gasteiger partial charge in [0, 0.05) is 6.20 Å². The summed E-state index contributed by atoms with van der Waals surface area (Å²) >= 11 is 4.73. The maximum absolute atomic E-state index is 12.8. The van der Waals surface area contributed by atoms with Gasteiger partial charge in [-0.15, -0.1) is 0 Å². The van der Waals surface area contributed by atoms with Gasteiger partial charge < -0.3 is 11.5 Å². The molecule has 0 fully saturated rings. The molecule has 1 amide bonds. The Hall–Kier alpha value is -2.21. The van der Waals surface area contributed by atoms with Crippen molar-refractivity contribution in [1.29, 1.82) is 0 Å². The first-order valence-corrected chi connectivity index (χ1v) is 5.48. The van der Waals surface area contributed by atoms with Gasteiger partial charge in [0.2, 0.25) is 0 Å². The molecule has 0 atom stereocenters. The van der Waals surface area contributed by atoms with E-state index in [4.69, 9.17) is 23.7 Å². The van der Waals surface area contributed by atoms with Crippen LogP contribution in [0.15, 0.2) is 41.7 Å². The number of hydrogen-bond acceptors (Lipinski definition) is 3. The van der Waals surface area contributed by atoms with E-state index in [9.17, 15) is 9.18 Å². The number of carbonyl (C=O) groups is 1. The third-order valence-electron chi connectivity index (χ3n) is 2.45. The lowest BCUT2D eigenvalue weighted by atomic mass is 10.1. The molecule has 18 heavy (non-hydrogen) atoms. The molecule has 0 aromatic heterocycles. The summed E-state index contributed by atoms with van der Waals surface area (Å²) in [5.41, 5.74) is 12.3. The maximum atomic E-state index is 12.8. The lowest BCUT2D eigenvalue weighted by Gasteiger charge is -2.09. The van der Waals surface area contributed by atoms with Gasteiger partial charge in [-0.25, -0.2) is 4.39 Å². The van der Waals surface area contributed by atoms with Gasteiger partial charge in [-0.2, -0.15) is 0 Å². The van der Waals surface area contributed by atoms with Crippen molar-refractivity contribution >= 4 is 29.3 Å². The zero-order valence-corrected chi connectivity index (χ0v) is 10.1. The van der Waals surface area contributed by atoms with Crippen molar-refractivity contribution < 1.29 is 9.18 Å². The number of amides is 1. The van der Waals surface area contributed by atoms with Gasteiger partial charge in [-0.05, 0) is 36.0 Å². The highest BCUT2D eigenvalue weighted by Crippen LogP contribution is 2.21. The Kier molecular flexibility index (Phi) is 3.12. The predicted octanol–water partition coefficient (Wildman–Crippen LogP) is 1.10. The highest BCUT2D eigenvalue weighted by molar-refractivity contribution is 7.80. The number of thiocarbonyl (C=S) groups is 1. The zero-order chi connectivity index (χ0) is 13.3. The Bertz CT molecular complexity index is 577. The summed E-state index contributed by atoms with van der Waals surface area (Å²) in [7, 11) is 0. The highest BCUT2D eigenvalue weighted by Gasteiger charge is 2.27. The summed E-state index contributed by atoms with van der Waals surface area (Å²) in [5, 5.41) is -0.0644. The van der Waals surface area contributed by atoms with Crippen LogP contribution in [0.2, 0.25) is 0 Å². The monoisotopic (exact) mass is 263 g/mol. The fourth-order valence-corrected chi connectivity index (χ4v) is 1.69. The van der Waals surface area contributed by atoms with Crippen molar-refractivity contribution in [2.75, 3.05) is 0 Å². The molecule has 1 aliphatic heterocycles. The SMILES string of the molecule is NC(=S)N1C=C(N)/C(=C/c2ccc(F)cc2)C1=O. The summed E-state index contributed by atoms with van der Waals surface area (Å²) < 4.78 is 12.8. The van der Waals surface area contributed by atoms with Crippen molar-refractivity contribution in [3.63, 3.8) is 0 Å². The van der Waals surface area contributed by atoms with E-state index >= 15 is 0 Å². The Morgan fingerprint density at radius 1 is 1.33 bits per heavy atom. The number of nitrogens with two attached hydrogens (primary N) is 2. The molecule has 0 saturated heterocycles. The Morgan fingerprint density at radius 2 is 1.94 bits per heavy atom. The molecule has 6 heteroatoms. The van der Waals surface area contributed by atoms with E-state index in [0.717, 1.165) is 4.90 Å². The number of nitrogens with zero attached hydrogens (tertiary/aromatic N) is 1. The van der Waals surface area contributed by atoms with Crippen LogP contribution in [0.1, 0.15) is 5.56 Å². The second kappa shape index (κ2) is 4.58. The highest BCUT2D eigenvalue weighted by atomic mass is 32.1. The van der Waals surface area contributed by atoms with Gasteiger partial charge in [-0.3, -0.25) is 9.69 Å². The summed E-state index contributed by atoms with van der Waals surface area (Å²) in [6.07, 6.45) is 2.94. The number of carbonyl (C=O) groups excluding carboxylic acids is 1. The first-order valence-electron chi connectivity index (χ1n) is 5.07. The number of rotatable bonds is 1. The van der Waals surface area contributed by atoms with Crippen LogP contribution >= 0.6 is 12.2 Å². The standard InChI is InChI=1S/C12H10FN3OS/c13-8-3-1-7(2-4-8)5-9-10(14)6-16(11(9)17)12(15)18/h1-6H,14H2,(H2,15,18)/b9-5-. The summed E-state index contributed by atoms with van der Waals surface area (Å²) in [6.45, 7) is 0. The third kappa shape index (κ3) is 2.23. The largest absolute Gasteiger partial charge is 0.397 e. The molecule has 0 saturated carbocycles. The molecule has 92 valence electrons. The molecule has 4 N–H and O–H groups in total. The molecule has 0 aliphatic carbocycles. The van der Waals surface area contributed by atoms with Crippen LogP contribution in [-0.2, 0) is 4.79 Å². The first-order chi connectivity index (χ1) is 8.49. The van der Waals surface area contributed by atoms with E-state index < -0.39 is 0 Å².